The van der Waals surface area contributed by atoms with Crippen molar-refractivity contribution in [2.75, 3.05) is 0 Å². The number of allylic oxidation sites excluding steroid dienone is 1. The molecule has 1 heterocycles. The van der Waals surface area contributed by atoms with Crippen LogP contribution in [-0.2, 0) is 4.79 Å². The fraction of sp³-hybridized carbons (Fsp3) is 0.733. The summed E-state index contributed by atoms with van der Waals surface area (Å²) in [5.41, 5.74) is 1.08. The summed E-state index contributed by atoms with van der Waals surface area (Å²) in [7, 11) is 0. The number of rotatable bonds is 7. The number of aliphatic imine (C=N–C) groups is 1. The molecule has 1 aliphatic rings. The zero-order valence-electron chi connectivity index (χ0n) is 11.4. The number of nitrogens with zero attached hydrogens (tertiary/aromatic N) is 1. The van der Waals surface area contributed by atoms with Crippen LogP contribution in [0.2, 0.25) is 0 Å². The number of hydrogen-bond donors (Lipinski definition) is 0. The third-order valence-corrected chi connectivity index (χ3v) is 3.70. The fourth-order valence-electron chi connectivity index (χ4n) is 2.48. The van der Waals surface area contributed by atoms with E-state index in [1.807, 2.05) is 0 Å². The molecule has 0 aromatic heterocycles. The van der Waals surface area contributed by atoms with Crippen molar-refractivity contribution in [1.29, 1.82) is 0 Å². The molecule has 0 saturated heterocycles. The van der Waals surface area contributed by atoms with Crippen LogP contribution in [0, 0.1) is 11.8 Å². The van der Waals surface area contributed by atoms with Crippen molar-refractivity contribution in [3.05, 3.63) is 12.3 Å². The lowest BCUT2D eigenvalue weighted by Crippen LogP contribution is -2.27. The Morgan fingerprint density at radius 2 is 2.12 bits per heavy atom. The lowest BCUT2D eigenvalue weighted by atomic mass is 9.82. The summed E-state index contributed by atoms with van der Waals surface area (Å²) in [5, 5.41) is 0. The van der Waals surface area contributed by atoms with Crippen molar-refractivity contribution < 1.29 is 4.79 Å². The van der Waals surface area contributed by atoms with Crippen molar-refractivity contribution >= 4 is 11.5 Å². The molecule has 1 aliphatic heterocycles. The quantitative estimate of drug-likeness (QED) is 0.651. The summed E-state index contributed by atoms with van der Waals surface area (Å²) in [4.78, 5) is 16.3. The molecule has 0 saturated carbocycles. The van der Waals surface area contributed by atoms with Gasteiger partial charge >= 0.3 is 0 Å². The van der Waals surface area contributed by atoms with Gasteiger partial charge in [0.15, 0.2) is 5.78 Å². The molecule has 0 aromatic carbocycles. The highest BCUT2D eigenvalue weighted by atomic mass is 16.1. The summed E-state index contributed by atoms with van der Waals surface area (Å²) in [6.07, 6.45) is 10.1. The second kappa shape index (κ2) is 7.41. The van der Waals surface area contributed by atoms with Crippen LogP contribution < -0.4 is 0 Å². The van der Waals surface area contributed by atoms with Crippen LogP contribution in [0.3, 0.4) is 0 Å². The Morgan fingerprint density at radius 3 is 2.71 bits per heavy atom. The molecule has 2 unspecified atom stereocenters. The van der Waals surface area contributed by atoms with Crippen LogP contribution in [0.4, 0.5) is 0 Å². The molecule has 0 fully saturated rings. The lowest BCUT2D eigenvalue weighted by Gasteiger charge is -2.23. The molecule has 0 radical (unpaired) electrons. The van der Waals surface area contributed by atoms with Crippen LogP contribution >= 0.6 is 0 Å². The maximum atomic E-state index is 11.9. The van der Waals surface area contributed by atoms with Crippen molar-refractivity contribution in [3.8, 4) is 0 Å². The molecule has 0 amide bonds. The first-order chi connectivity index (χ1) is 8.22. The van der Waals surface area contributed by atoms with E-state index in [1.165, 1.54) is 25.7 Å². The highest BCUT2D eigenvalue weighted by molar-refractivity contribution is 6.11. The van der Waals surface area contributed by atoms with Crippen LogP contribution in [-0.4, -0.2) is 11.5 Å². The minimum atomic E-state index is 0.0619. The number of hydrogen-bond acceptors (Lipinski definition) is 2. The highest BCUT2D eigenvalue weighted by Gasteiger charge is 2.26. The standard InChI is InChI=1S/C15H25NO/c1-4-7-8-12(5-2)11-13-14(6-3)16-10-9-15(13)17/h9-10,12-13H,4-8,11H2,1-3H3. The fourth-order valence-corrected chi connectivity index (χ4v) is 2.48. The van der Waals surface area contributed by atoms with E-state index in [0.717, 1.165) is 18.6 Å². The van der Waals surface area contributed by atoms with Crippen molar-refractivity contribution in [1.82, 2.24) is 0 Å². The van der Waals surface area contributed by atoms with E-state index < -0.39 is 0 Å². The zero-order valence-corrected chi connectivity index (χ0v) is 11.4. The van der Waals surface area contributed by atoms with E-state index in [0.29, 0.717) is 5.92 Å². The van der Waals surface area contributed by atoms with Crippen LogP contribution in [0.15, 0.2) is 17.3 Å². The molecule has 2 atom stereocenters. The number of unbranched alkanes of at least 4 members (excludes halogenated alkanes) is 1. The summed E-state index contributed by atoms with van der Waals surface area (Å²) >= 11 is 0. The molecule has 0 bridgehead atoms. The Hall–Kier alpha value is -0.920. The Morgan fingerprint density at radius 1 is 1.35 bits per heavy atom. The van der Waals surface area contributed by atoms with E-state index in [1.54, 1.807) is 12.3 Å². The first kappa shape index (κ1) is 14.1. The topological polar surface area (TPSA) is 29.4 Å². The Kier molecular flexibility index (Phi) is 6.17. The zero-order chi connectivity index (χ0) is 12.7. The molecule has 0 spiro atoms. The Balaban J connectivity index is 2.61. The van der Waals surface area contributed by atoms with E-state index in [2.05, 4.69) is 25.8 Å². The van der Waals surface area contributed by atoms with Gasteiger partial charge in [-0.05, 0) is 18.8 Å². The van der Waals surface area contributed by atoms with Crippen LogP contribution in [0.5, 0.6) is 0 Å². The summed E-state index contributed by atoms with van der Waals surface area (Å²) < 4.78 is 0. The van der Waals surface area contributed by atoms with Crippen molar-refractivity contribution in [3.63, 3.8) is 0 Å². The van der Waals surface area contributed by atoms with Gasteiger partial charge in [-0.25, -0.2) is 0 Å². The first-order valence-electron chi connectivity index (χ1n) is 6.99. The summed E-state index contributed by atoms with van der Waals surface area (Å²) in [5.74, 6) is 0.991. The van der Waals surface area contributed by atoms with Gasteiger partial charge in [0.25, 0.3) is 0 Å². The molecule has 0 N–H and O–H groups in total. The average Bonchev–Trinajstić information content (AvgIpc) is 2.36. The SMILES string of the molecule is CCCCC(CC)CC1C(=O)C=CN=C1CC. The highest BCUT2D eigenvalue weighted by Crippen LogP contribution is 2.25. The van der Waals surface area contributed by atoms with E-state index >= 15 is 0 Å². The molecule has 17 heavy (non-hydrogen) atoms. The lowest BCUT2D eigenvalue weighted by molar-refractivity contribution is -0.117. The smallest absolute Gasteiger partial charge is 0.165 e. The van der Waals surface area contributed by atoms with Crippen molar-refractivity contribution in [2.45, 2.75) is 59.3 Å². The molecule has 0 aromatic rings. The van der Waals surface area contributed by atoms with Gasteiger partial charge < -0.3 is 0 Å². The second-order valence-electron chi connectivity index (χ2n) is 4.90. The minimum Gasteiger partial charge on any atom is -0.294 e. The number of carbonyl (C=O) groups is 1. The van der Waals surface area contributed by atoms with E-state index in [-0.39, 0.29) is 11.7 Å². The maximum Gasteiger partial charge on any atom is 0.165 e. The van der Waals surface area contributed by atoms with Gasteiger partial charge in [0.2, 0.25) is 0 Å². The maximum absolute atomic E-state index is 11.9. The molecule has 0 aliphatic carbocycles. The summed E-state index contributed by atoms with van der Waals surface area (Å²) in [6.45, 7) is 6.54. The van der Waals surface area contributed by atoms with Gasteiger partial charge in [-0.3, -0.25) is 9.79 Å². The average molecular weight is 235 g/mol. The minimum absolute atomic E-state index is 0.0619. The predicted octanol–water partition coefficient (Wildman–Crippen LogP) is 4.16. The van der Waals surface area contributed by atoms with Gasteiger partial charge in [-0.15, -0.1) is 0 Å². The number of ketones is 1. The molecular weight excluding hydrogens is 210 g/mol. The van der Waals surface area contributed by atoms with Gasteiger partial charge in [0.1, 0.15) is 0 Å². The van der Waals surface area contributed by atoms with Gasteiger partial charge in [-0.1, -0.05) is 46.5 Å². The first-order valence-corrected chi connectivity index (χ1v) is 6.99. The molecule has 1 rings (SSSR count). The van der Waals surface area contributed by atoms with Crippen molar-refractivity contribution in [2.24, 2.45) is 16.8 Å². The molecule has 2 nitrogen and oxygen atoms in total. The van der Waals surface area contributed by atoms with Crippen LogP contribution in [0.1, 0.15) is 59.3 Å². The Bertz CT molecular complexity index is 304. The summed E-state index contributed by atoms with van der Waals surface area (Å²) in [6, 6.07) is 0. The Labute approximate surface area is 105 Å². The predicted molar refractivity (Wildman–Crippen MR) is 73.3 cm³/mol. The molecular formula is C15H25NO. The monoisotopic (exact) mass is 235 g/mol. The largest absolute Gasteiger partial charge is 0.294 e. The normalized spacial score (nSPS) is 21.5. The second-order valence-corrected chi connectivity index (χ2v) is 4.90. The van der Waals surface area contributed by atoms with E-state index in [4.69, 9.17) is 0 Å². The molecule has 96 valence electrons. The van der Waals surface area contributed by atoms with Gasteiger partial charge in [0.05, 0.1) is 5.92 Å². The van der Waals surface area contributed by atoms with E-state index in [9.17, 15) is 4.79 Å². The third-order valence-electron chi connectivity index (χ3n) is 3.70. The number of carbonyl (C=O) groups excluding carboxylic acids is 1. The van der Waals surface area contributed by atoms with Gasteiger partial charge in [-0.2, -0.15) is 0 Å². The third kappa shape index (κ3) is 4.10. The molecule has 2 heteroatoms. The van der Waals surface area contributed by atoms with Gasteiger partial charge in [0, 0.05) is 18.0 Å². The van der Waals surface area contributed by atoms with Crippen LogP contribution in [0.25, 0.3) is 0 Å².